The third-order valence-electron chi connectivity index (χ3n) is 5.32. The van der Waals surface area contributed by atoms with E-state index in [0.29, 0.717) is 30.6 Å². The summed E-state index contributed by atoms with van der Waals surface area (Å²) in [5.41, 5.74) is 6.22. The van der Waals surface area contributed by atoms with Crippen LogP contribution in [0.25, 0.3) is 0 Å². The minimum Gasteiger partial charge on any atom is -0.380 e. The van der Waals surface area contributed by atoms with Crippen molar-refractivity contribution in [1.82, 2.24) is 5.32 Å². The molecule has 0 aromatic heterocycles. The van der Waals surface area contributed by atoms with Gasteiger partial charge in [0.05, 0.1) is 5.71 Å². The molecule has 0 aliphatic carbocycles. The first-order chi connectivity index (χ1) is 15.9. The molecule has 0 amide bonds. The zero-order valence-corrected chi connectivity index (χ0v) is 22.8. The van der Waals surface area contributed by atoms with Gasteiger partial charge in [-0.3, -0.25) is 4.99 Å². The Balaban J connectivity index is 5.61. The lowest BCUT2D eigenvalue weighted by Crippen LogP contribution is -2.22. The molecule has 0 aromatic carbocycles. The molecule has 0 aliphatic rings. The van der Waals surface area contributed by atoms with E-state index in [-0.39, 0.29) is 5.92 Å². The minimum atomic E-state index is 0.263. The predicted molar refractivity (Wildman–Crippen MR) is 155 cm³/mol. The predicted octanol–water partition coefficient (Wildman–Crippen LogP) is 7.67. The summed E-state index contributed by atoms with van der Waals surface area (Å²) in [6.07, 6.45) is 12.8. The van der Waals surface area contributed by atoms with Gasteiger partial charge in [-0.25, -0.2) is 9.98 Å². The van der Waals surface area contributed by atoms with Crippen LogP contribution in [0.5, 0.6) is 0 Å². The molecule has 0 aromatic rings. The third kappa shape index (κ3) is 12.9. The molecule has 4 nitrogen and oxygen atoms in total. The van der Waals surface area contributed by atoms with Gasteiger partial charge in [0, 0.05) is 25.7 Å². The van der Waals surface area contributed by atoms with Gasteiger partial charge in [-0.2, -0.15) is 0 Å². The molecule has 1 N–H and O–H groups in total. The van der Waals surface area contributed by atoms with E-state index in [9.17, 15) is 0 Å². The number of aliphatic imine (C=N–C) groups is 3. The molecule has 186 valence electrons. The van der Waals surface area contributed by atoms with Gasteiger partial charge in [-0.1, -0.05) is 95.5 Å². The second-order valence-electron chi connectivity index (χ2n) is 9.07. The fourth-order valence-electron chi connectivity index (χ4n) is 3.16. The lowest BCUT2D eigenvalue weighted by atomic mass is 9.92. The number of hydrogen-bond acceptors (Lipinski definition) is 2. The first-order valence-electron chi connectivity index (χ1n) is 11.9. The lowest BCUT2D eigenvalue weighted by molar-refractivity contribution is 0.756. The van der Waals surface area contributed by atoms with Crippen molar-refractivity contribution < 1.29 is 0 Å². The highest BCUT2D eigenvalue weighted by Gasteiger charge is 2.08. The van der Waals surface area contributed by atoms with E-state index in [1.165, 1.54) is 11.9 Å². The number of hydrogen-bond donors (Lipinski definition) is 1. The molecular formula is C30H46N4. The molecule has 0 bridgehead atoms. The zero-order chi connectivity index (χ0) is 26.3. The topological polar surface area (TPSA) is 49.1 Å². The Bertz CT molecular complexity index is 904. The van der Waals surface area contributed by atoms with Gasteiger partial charge >= 0.3 is 0 Å². The Morgan fingerprint density at radius 1 is 1.00 bits per heavy atom. The molecule has 0 radical (unpaired) electrons. The van der Waals surface area contributed by atoms with E-state index in [1.54, 1.807) is 7.05 Å². The fourth-order valence-corrected chi connectivity index (χ4v) is 3.16. The molecule has 0 heterocycles. The van der Waals surface area contributed by atoms with Gasteiger partial charge < -0.3 is 5.32 Å². The second kappa shape index (κ2) is 16.6. The molecule has 4 heteroatoms. The number of rotatable bonds is 14. The Hall–Kier alpha value is -3.01. The summed E-state index contributed by atoms with van der Waals surface area (Å²) in [4.78, 5) is 12.8. The van der Waals surface area contributed by atoms with E-state index in [4.69, 9.17) is 0 Å². The van der Waals surface area contributed by atoms with Crippen molar-refractivity contribution in [2.75, 3.05) is 13.6 Å². The quantitative estimate of drug-likeness (QED) is 0.122. The van der Waals surface area contributed by atoms with Crippen LogP contribution in [0.15, 0.2) is 99.7 Å². The highest BCUT2D eigenvalue weighted by Crippen LogP contribution is 2.21. The number of nitrogens with one attached hydrogen (secondary N) is 1. The van der Waals surface area contributed by atoms with Crippen LogP contribution >= 0.6 is 0 Å². The van der Waals surface area contributed by atoms with E-state index in [1.807, 2.05) is 19.9 Å². The van der Waals surface area contributed by atoms with E-state index >= 15 is 0 Å². The molecule has 2 atom stereocenters. The van der Waals surface area contributed by atoms with Crippen LogP contribution in [0.3, 0.4) is 0 Å². The normalized spacial score (nSPS) is 15.7. The average Bonchev–Trinajstić information content (AvgIpc) is 2.77. The molecule has 0 spiro atoms. The van der Waals surface area contributed by atoms with Gasteiger partial charge in [0.2, 0.25) is 0 Å². The molecule has 0 rings (SSSR count). The Labute approximate surface area is 209 Å². The molecule has 0 aliphatic heterocycles. The summed E-state index contributed by atoms with van der Waals surface area (Å²) in [5.74, 6) is 1.65. The van der Waals surface area contributed by atoms with Crippen LogP contribution in [0.1, 0.15) is 54.9 Å². The first kappa shape index (κ1) is 31.0. The lowest BCUT2D eigenvalue weighted by Gasteiger charge is -2.15. The SMILES string of the molecule is C=C/C(=C\C(C)/C=C(/C(=C)C)C(C)C)CNC(=C)C(CC=CC(C)C(=C)C)=NC(C)=NC=NC. The minimum absolute atomic E-state index is 0.263. The van der Waals surface area contributed by atoms with Crippen LogP contribution in [0, 0.1) is 17.8 Å². The van der Waals surface area contributed by atoms with Crippen LogP contribution in [0.4, 0.5) is 0 Å². The third-order valence-corrected chi connectivity index (χ3v) is 5.32. The van der Waals surface area contributed by atoms with E-state index in [2.05, 4.69) is 106 Å². The zero-order valence-electron chi connectivity index (χ0n) is 22.8. The summed E-state index contributed by atoms with van der Waals surface area (Å²) in [6.45, 7) is 31.6. The van der Waals surface area contributed by atoms with Crippen molar-refractivity contribution in [3.8, 4) is 0 Å². The summed E-state index contributed by atoms with van der Waals surface area (Å²) in [5, 5.41) is 3.42. The summed E-state index contributed by atoms with van der Waals surface area (Å²) >= 11 is 0. The molecule has 2 unspecified atom stereocenters. The molecule has 0 saturated carbocycles. The van der Waals surface area contributed by atoms with Gasteiger partial charge in [-0.15, -0.1) is 0 Å². The largest absolute Gasteiger partial charge is 0.380 e. The molecule has 0 fully saturated rings. The smallest absolute Gasteiger partial charge is 0.127 e. The van der Waals surface area contributed by atoms with Crippen molar-refractivity contribution in [3.05, 3.63) is 84.7 Å². The van der Waals surface area contributed by atoms with Gasteiger partial charge in [0.25, 0.3) is 0 Å². The Morgan fingerprint density at radius 2 is 1.65 bits per heavy atom. The first-order valence-corrected chi connectivity index (χ1v) is 11.9. The van der Waals surface area contributed by atoms with E-state index in [0.717, 1.165) is 28.1 Å². The maximum Gasteiger partial charge on any atom is 0.127 e. The standard InChI is InChI=1S/C30H46N4/c1-13-28(17-24(8)18-29(22(4)5)23(6)7)19-32-26(10)30(34-27(11)33-20-31-12)16-14-15-25(9)21(2)3/h13-15,17-18,20,23-25,32H,1-2,4,10,16,19H2,3,5-9,11-12H3/b15-14?,28-17+,29-18-,31-20?,33-27?,34-30?. The van der Waals surface area contributed by atoms with Crippen molar-refractivity contribution in [2.24, 2.45) is 32.7 Å². The Morgan fingerprint density at radius 3 is 2.15 bits per heavy atom. The Kier molecular flexibility index (Phi) is 15.1. The van der Waals surface area contributed by atoms with Crippen molar-refractivity contribution in [2.45, 2.75) is 54.9 Å². The summed E-state index contributed by atoms with van der Waals surface area (Å²) < 4.78 is 0. The summed E-state index contributed by atoms with van der Waals surface area (Å²) in [7, 11) is 1.68. The van der Waals surface area contributed by atoms with E-state index < -0.39 is 0 Å². The molecule has 34 heavy (non-hydrogen) atoms. The van der Waals surface area contributed by atoms with Gasteiger partial charge in [0.1, 0.15) is 12.2 Å². The maximum atomic E-state index is 4.67. The number of amidine groups is 1. The fraction of sp³-hybridized carbons (Fsp3) is 0.433. The van der Waals surface area contributed by atoms with Crippen LogP contribution in [0.2, 0.25) is 0 Å². The highest BCUT2D eigenvalue weighted by atomic mass is 15.0. The van der Waals surface area contributed by atoms with Crippen molar-refractivity contribution in [1.29, 1.82) is 0 Å². The van der Waals surface area contributed by atoms with Gasteiger partial charge in [-0.05, 0) is 49.7 Å². The average molecular weight is 463 g/mol. The maximum absolute atomic E-state index is 4.67. The van der Waals surface area contributed by atoms with Crippen molar-refractivity contribution >= 4 is 17.9 Å². The van der Waals surface area contributed by atoms with Crippen LogP contribution in [-0.4, -0.2) is 31.5 Å². The second-order valence-corrected chi connectivity index (χ2v) is 9.07. The monoisotopic (exact) mass is 462 g/mol. The number of nitrogens with zero attached hydrogens (tertiary/aromatic N) is 3. The highest BCUT2D eigenvalue weighted by molar-refractivity contribution is 6.07. The summed E-state index contributed by atoms with van der Waals surface area (Å²) in [6, 6.07) is 0. The van der Waals surface area contributed by atoms with Crippen LogP contribution in [-0.2, 0) is 0 Å². The number of allylic oxidation sites excluding steroid dienone is 8. The van der Waals surface area contributed by atoms with Crippen LogP contribution < -0.4 is 5.32 Å². The van der Waals surface area contributed by atoms with Gasteiger partial charge in [0.15, 0.2) is 0 Å². The molecular weight excluding hydrogens is 416 g/mol. The van der Waals surface area contributed by atoms with Crippen molar-refractivity contribution in [3.63, 3.8) is 0 Å². The molecule has 0 saturated heterocycles.